The van der Waals surface area contributed by atoms with E-state index in [2.05, 4.69) is 0 Å². The number of imidazole rings is 1. The van der Waals surface area contributed by atoms with Gasteiger partial charge in [-0.25, -0.2) is 4.79 Å². The van der Waals surface area contributed by atoms with Crippen molar-refractivity contribution >= 4 is 11.0 Å². The van der Waals surface area contributed by atoms with Gasteiger partial charge in [-0.15, -0.1) is 0 Å². The summed E-state index contributed by atoms with van der Waals surface area (Å²) >= 11 is 0. The van der Waals surface area contributed by atoms with Gasteiger partial charge in [-0.3, -0.25) is 9.13 Å². The number of aliphatic hydroxyl groups excluding tert-OH is 2. The van der Waals surface area contributed by atoms with Gasteiger partial charge in [0.25, 0.3) is 0 Å². The van der Waals surface area contributed by atoms with Gasteiger partial charge >= 0.3 is 5.69 Å². The first-order valence-electron chi connectivity index (χ1n) is 9.70. The van der Waals surface area contributed by atoms with Crippen LogP contribution in [0.4, 0.5) is 0 Å². The summed E-state index contributed by atoms with van der Waals surface area (Å²) in [6, 6.07) is 24.4. The summed E-state index contributed by atoms with van der Waals surface area (Å²) < 4.78 is 3.18. The van der Waals surface area contributed by atoms with E-state index in [1.807, 2.05) is 85.8 Å². The summed E-state index contributed by atoms with van der Waals surface area (Å²) in [4.78, 5) is 13.2. The average molecular weight is 388 g/mol. The highest BCUT2D eigenvalue weighted by molar-refractivity contribution is 5.77. The van der Waals surface area contributed by atoms with Crippen LogP contribution in [0.2, 0.25) is 0 Å². The lowest BCUT2D eigenvalue weighted by molar-refractivity contribution is 0.150. The Morgan fingerprint density at radius 2 is 1.21 bits per heavy atom. The molecule has 2 atom stereocenters. The van der Waals surface area contributed by atoms with E-state index in [4.69, 9.17) is 0 Å². The van der Waals surface area contributed by atoms with Crippen LogP contribution in [-0.4, -0.2) is 19.3 Å². The zero-order chi connectivity index (χ0) is 20.4. The van der Waals surface area contributed by atoms with Crippen molar-refractivity contribution in [1.29, 1.82) is 0 Å². The molecule has 0 spiro atoms. The van der Waals surface area contributed by atoms with Gasteiger partial charge in [-0.1, -0.05) is 66.7 Å². The minimum absolute atomic E-state index is 0.150. The van der Waals surface area contributed by atoms with Crippen LogP contribution in [0.15, 0.2) is 83.7 Å². The molecular formula is C24H24N2O3. The average Bonchev–Trinajstić information content (AvgIpc) is 3.00. The molecule has 0 aliphatic rings. The second kappa shape index (κ2) is 8.07. The second-order valence-corrected chi connectivity index (χ2v) is 7.35. The third-order valence-electron chi connectivity index (χ3n) is 5.25. The molecule has 5 nitrogen and oxygen atoms in total. The first kappa shape index (κ1) is 19.2. The first-order valence-corrected chi connectivity index (χ1v) is 9.70. The highest BCUT2D eigenvalue weighted by Crippen LogP contribution is 2.22. The molecule has 0 aliphatic heterocycles. The zero-order valence-corrected chi connectivity index (χ0v) is 16.3. The fourth-order valence-corrected chi connectivity index (χ4v) is 3.69. The molecule has 4 rings (SSSR count). The van der Waals surface area contributed by atoms with Crippen LogP contribution in [0.5, 0.6) is 0 Å². The number of aryl methyl sites for hydroxylation is 1. The molecule has 0 saturated carbocycles. The van der Waals surface area contributed by atoms with Crippen molar-refractivity contribution in [2.24, 2.45) is 0 Å². The topological polar surface area (TPSA) is 67.4 Å². The second-order valence-electron chi connectivity index (χ2n) is 7.35. The molecule has 2 unspecified atom stereocenters. The molecule has 148 valence electrons. The number of hydrogen-bond acceptors (Lipinski definition) is 3. The maximum Gasteiger partial charge on any atom is 0.329 e. The van der Waals surface area contributed by atoms with Crippen molar-refractivity contribution in [3.63, 3.8) is 0 Å². The van der Waals surface area contributed by atoms with E-state index in [0.29, 0.717) is 0 Å². The van der Waals surface area contributed by atoms with Gasteiger partial charge in [0.15, 0.2) is 0 Å². The molecule has 5 heteroatoms. The van der Waals surface area contributed by atoms with E-state index >= 15 is 0 Å². The van der Waals surface area contributed by atoms with Crippen molar-refractivity contribution < 1.29 is 10.2 Å². The Bertz CT molecular complexity index is 1160. The van der Waals surface area contributed by atoms with Crippen molar-refractivity contribution in [2.75, 3.05) is 0 Å². The van der Waals surface area contributed by atoms with Gasteiger partial charge in [-0.2, -0.15) is 0 Å². The van der Waals surface area contributed by atoms with Gasteiger partial charge in [-0.05, 0) is 35.7 Å². The van der Waals surface area contributed by atoms with Gasteiger partial charge in [0.05, 0.1) is 36.3 Å². The van der Waals surface area contributed by atoms with Crippen LogP contribution in [0.1, 0.15) is 28.9 Å². The number of fused-ring (bicyclic) bond motifs is 1. The van der Waals surface area contributed by atoms with Crippen molar-refractivity contribution in [3.8, 4) is 0 Å². The molecule has 0 fully saturated rings. The molecule has 1 heterocycles. The van der Waals surface area contributed by atoms with Crippen LogP contribution in [0.3, 0.4) is 0 Å². The Morgan fingerprint density at radius 3 is 1.72 bits per heavy atom. The van der Waals surface area contributed by atoms with Crippen LogP contribution in [0, 0.1) is 6.92 Å². The fraction of sp³-hybridized carbons (Fsp3) is 0.208. The fourth-order valence-electron chi connectivity index (χ4n) is 3.69. The summed E-state index contributed by atoms with van der Waals surface area (Å²) in [5.41, 5.74) is 3.81. The quantitative estimate of drug-likeness (QED) is 0.531. The molecular weight excluding hydrogens is 364 g/mol. The number of hydrogen-bond donors (Lipinski definition) is 2. The van der Waals surface area contributed by atoms with Crippen molar-refractivity contribution in [2.45, 2.75) is 32.2 Å². The third-order valence-corrected chi connectivity index (χ3v) is 5.25. The minimum Gasteiger partial charge on any atom is -0.387 e. The number of nitrogens with zero attached hydrogens (tertiary/aromatic N) is 2. The molecule has 29 heavy (non-hydrogen) atoms. The number of aromatic nitrogens is 2. The molecule has 0 amide bonds. The lowest BCUT2D eigenvalue weighted by Gasteiger charge is -2.12. The van der Waals surface area contributed by atoms with Crippen molar-refractivity contribution in [3.05, 3.63) is 106 Å². The molecule has 0 saturated heterocycles. The normalized spacial score (nSPS) is 13.5. The molecule has 0 radical (unpaired) electrons. The summed E-state index contributed by atoms with van der Waals surface area (Å²) in [5.74, 6) is 0. The predicted octanol–water partition coefficient (Wildman–Crippen LogP) is 3.58. The maximum absolute atomic E-state index is 13.2. The van der Waals surface area contributed by atoms with Gasteiger partial charge in [0.2, 0.25) is 0 Å². The number of rotatable bonds is 6. The minimum atomic E-state index is -0.799. The Balaban J connectivity index is 1.74. The van der Waals surface area contributed by atoms with E-state index in [-0.39, 0.29) is 18.8 Å². The summed E-state index contributed by atoms with van der Waals surface area (Å²) in [7, 11) is 0. The highest BCUT2D eigenvalue weighted by atomic mass is 16.3. The summed E-state index contributed by atoms with van der Waals surface area (Å²) in [6.45, 7) is 2.27. The predicted molar refractivity (Wildman–Crippen MR) is 114 cm³/mol. The molecule has 1 aromatic heterocycles. The standard InChI is InChI=1S/C24H24N2O3/c1-17-12-13-20-21(14-17)26(16-23(28)19-10-6-3-7-11-19)24(29)25(20)15-22(27)18-8-4-2-5-9-18/h2-14,22-23,27-28H,15-16H2,1H3. The number of aliphatic hydroxyl groups is 2. The maximum atomic E-state index is 13.2. The molecule has 0 bridgehead atoms. The SMILES string of the molecule is Cc1ccc2c(c1)n(CC(O)c1ccccc1)c(=O)n2CC(O)c1ccccc1. The summed E-state index contributed by atoms with van der Waals surface area (Å²) in [5, 5.41) is 21.3. The summed E-state index contributed by atoms with van der Waals surface area (Å²) in [6.07, 6.45) is -1.60. The van der Waals surface area contributed by atoms with Gasteiger partial charge < -0.3 is 10.2 Å². The third kappa shape index (κ3) is 3.88. The monoisotopic (exact) mass is 388 g/mol. The molecule has 2 N–H and O–H groups in total. The Morgan fingerprint density at radius 1 is 0.724 bits per heavy atom. The molecule has 0 aliphatic carbocycles. The van der Waals surface area contributed by atoms with Crippen LogP contribution in [0.25, 0.3) is 11.0 Å². The van der Waals surface area contributed by atoms with Crippen molar-refractivity contribution in [1.82, 2.24) is 9.13 Å². The van der Waals surface area contributed by atoms with E-state index in [1.165, 1.54) is 0 Å². The lowest BCUT2D eigenvalue weighted by Crippen LogP contribution is -2.28. The van der Waals surface area contributed by atoms with Crippen LogP contribution < -0.4 is 5.69 Å². The number of benzene rings is 3. The molecule has 3 aromatic carbocycles. The largest absolute Gasteiger partial charge is 0.387 e. The zero-order valence-electron chi connectivity index (χ0n) is 16.3. The van der Waals surface area contributed by atoms with E-state index < -0.39 is 12.2 Å². The van der Waals surface area contributed by atoms with E-state index in [9.17, 15) is 15.0 Å². The Kier molecular flexibility index (Phi) is 5.34. The van der Waals surface area contributed by atoms with Crippen LogP contribution in [-0.2, 0) is 13.1 Å². The first-order chi connectivity index (χ1) is 14.0. The smallest absolute Gasteiger partial charge is 0.329 e. The Hall–Kier alpha value is -3.15. The van der Waals surface area contributed by atoms with E-state index in [1.54, 1.807) is 9.13 Å². The lowest BCUT2D eigenvalue weighted by atomic mass is 10.1. The molecule has 4 aromatic rings. The van der Waals surface area contributed by atoms with Crippen LogP contribution >= 0.6 is 0 Å². The van der Waals surface area contributed by atoms with E-state index in [0.717, 1.165) is 27.7 Å². The van der Waals surface area contributed by atoms with Gasteiger partial charge in [0.1, 0.15) is 0 Å². The highest BCUT2D eigenvalue weighted by Gasteiger charge is 2.19. The van der Waals surface area contributed by atoms with Gasteiger partial charge in [0, 0.05) is 0 Å². The Labute approximate surface area is 169 Å².